The summed E-state index contributed by atoms with van der Waals surface area (Å²) in [4.78, 5) is 14.4. The van der Waals surface area contributed by atoms with E-state index in [1.807, 2.05) is 0 Å². The maximum Gasteiger partial charge on any atom is 0.339 e. The first-order valence-corrected chi connectivity index (χ1v) is 10.2. The Morgan fingerprint density at radius 2 is 1.73 bits per heavy atom. The number of aliphatic imine (C=N–C) groups is 1. The second kappa shape index (κ2) is 8.93. The molecule has 3 aromatic carbocycles. The zero-order chi connectivity index (χ0) is 21.7. The number of hydrogen-bond acceptors (Lipinski definition) is 7. The molecule has 0 spiro atoms. The van der Waals surface area contributed by atoms with Gasteiger partial charge in [-0.15, -0.1) is 0 Å². The van der Waals surface area contributed by atoms with Gasteiger partial charge in [0.25, 0.3) is 5.69 Å². The molecule has 0 heterocycles. The van der Waals surface area contributed by atoms with Crippen LogP contribution in [0.5, 0.6) is 11.5 Å². The highest BCUT2D eigenvalue weighted by atomic mass is 35.5. The fourth-order valence-electron chi connectivity index (χ4n) is 2.45. The van der Waals surface area contributed by atoms with E-state index < -0.39 is 15.0 Å². The van der Waals surface area contributed by atoms with E-state index in [2.05, 4.69) is 4.99 Å². The second-order valence-electron chi connectivity index (χ2n) is 5.92. The van der Waals surface area contributed by atoms with Crippen LogP contribution in [0, 0.1) is 10.1 Å². The number of benzene rings is 3. The van der Waals surface area contributed by atoms with Gasteiger partial charge in [0, 0.05) is 18.3 Å². The Morgan fingerprint density at radius 1 is 1.07 bits per heavy atom. The van der Waals surface area contributed by atoms with E-state index in [-0.39, 0.29) is 27.1 Å². The molecule has 0 radical (unpaired) electrons. The Balaban J connectivity index is 1.88. The Morgan fingerprint density at radius 3 is 2.33 bits per heavy atom. The monoisotopic (exact) mass is 446 g/mol. The van der Waals surface area contributed by atoms with Gasteiger partial charge < -0.3 is 8.92 Å². The van der Waals surface area contributed by atoms with Crippen LogP contribution in [-0.2, 0) is 10.1 Å². The van der Waals surface area contributed by atoms with E-state index in [0.717, 1.165) is 0 Å². The van der Waals surface area contributed by atoms with Crippen LogP contribution in [0.3, 0.4) is 0 Å². The SMILES string of the molecule is COc1cc(C=Nc2ccc([N+](=O)[O-])cc2)cc(Cl)c1OS(=O)(=O)c1ccccc1. The van der Waals surface area contributed by atoms with Crippen molar-refractivity contribution in [3.05, 3.63) is 87.4 Å². The zero-order valence-corrected chi connectivity index (χ0v) is 17.1. The number of non-ortho nitro benzene ring substituents is 1. The number of rotatable bonds is 7. The third-order valence-electron chi connectivity index (χ3n) is 3.90. The van der Waals surface area contributed by atoms with Crippen molar-refractivity contribution in [2.45, 2.75) is 4.90 Å². The van der Waals surface area contributed by atoms with Crippen LogP contribution >= 0.6 is 11.6 Å². The van der Waals surface area contributed by atoms with Gasteiger partial charge in [-0.25, -0.2) is 0 Å². The molecule has 0 aliphatic heterocycles. The minimum Gasteiger partial charge on any atom is -0.493 e. The molecule has 0 atom stereocenters. The lowest BCUT2D eigenvalue weighted by Crippen LogP contribution is -2.10. The average molecular weight is 447 g/mol. The highest BCUT2D eigenvalue weighted by Crippen LogP contribution is 2.38. The van der Waals surface area contributed by atoms with Crippen LogP contribution in [0.1, 0.15) is 5.56 Å². The van der Waals surface area contributed by atoms with Crippen LogP contribution in [0.15, 0.2) is 76.6 Å². The standard InChI is InChI=1S/C20H15ClN2O6S/c1-28-19-12-14(13-22-15-7-9-16(10-8-15)23(24)25)11-18(21)20(19)29-30(26,27)17-5-3-2-4-6-17/h2-13H,1H3. The van der Waals surface area contributed by atoms with E-state index in [1.165, 1.54) is 61.9 Å². The van der Waals surface area contributed by atoms with Crippen molar-refractivity contribution in [1.29, 1.82) is 0 Å². The lowest BCUT2D eigenvalue weighted by atomic mass is 10.2. The number of nitro benzene ring substituents is 1. The van der Waals surface area contributed by atoms with Gasteiger partial charge in [0.1, 0.15) is 4.90 Å². The molecule has 0 unspecified atom stereocenters. The first kappa shape index (κ1) is 21.3. The summed E-state index contributed by atoms with van der Waals surface area (Å²) in [5.41, 5.74) is 0.960. The van der Waals surface area contributed by atoms with Crippen LogP contribution in [0.2, 0.25) is 5.02 Å². The van der Waals surface area contributed by atoms with Gasteiger partial charge in [-0.05, 0) is 42.0 Å². The summed E-state index contributed by atoms with van der Waals surface area (Å²) in [6, 6.07) is 16.3. The zero-order valence-electron chi connectivity index (χ0n) is 15.6. The van der Waals surface area contributed by atoms with Gasteiger partial charge in [0.05, 0.1) is 22.7 Å². The smallest absolute Gasteiger partial charge is 0.339 e. The largest absolute Gasteiger partial charge is 0.493 e. The molecule has 154 valence electrons. The van der Waals surface area contributed by atoms with E-state index >= 15 is 0 Å². The Kier molecular flexibility index (Phi) is 6.34. The van der Waals surface area contributed by atoms with Gasteiger partial charge >= 0.3 is 10.1 Å². The third-order valence-corrected chi connectivity index (χ3v) is 5.42. The molecule has 0 saturated carbocycles. The number of ether oxygens (including phenoxy) is 1. The molecular weight excluding hydrogens is 432 g/mol. The first-order valence-electron chi connectivity index (χ1n) is 8.46. The Bertz CT molecular complexity index is 1200. The molecule has 10 heteroatoms. The molecule has 0 aromatic heterocycles. The molecule has 0 aliphatic carbocycles. The third kappa shape index (κ3) is 4.94. The molecule has 3 aromatic rings. The quantitative estimate of drug-likeness (QED) is 0.224. The first-order chi connectivity index (χ1) is 14.3. The molecule has 8 nitrogen and oxygen atoms in total. The van der Waals surface area contributed by atoms with Gasteiger partial charge in [-0.3, -0.25) is 15.1 Å². The molecule has 0 aliphatic rings. The summed E-state index contributed by atoms with van der Waals surface area (Å²) in [5, 5.41) is 10.7. The van der Waals surface area contributed by atoms with E-state index in [0.29, 0.717) is 11.3 Å². The minimum atomic E-state index is -4.10. The lowest BCUT2D eigenvalue weighted by Gasteiger charge is -2.13. The Labute approximate surface area is 177 Å². The summed E-state index contributed by atoms with van der Waals surface area (Å²) in [6.45, 7) is 0. The summed E-state index contributed by atoms with van der Waals surface area (Å²) < 4.78 is 35.4. The van der Waals surface area contributed by atoms with E-state index in [9.17, 15) is 18.5 Å². The molecule has 0 fully saturated rings. The van der Waals surface area contributed by atoms with Crippen molar-refractivity contribution in [2.75, 3.05) is 7.11 Å². The fraction of sp³-hybridized carbons (Fsp3) is 0.0500. The van der Waals surface area contributed by atoms with Crippen LogP contribution in [0.25, 0.3) is 0 Å². The maximum atomic E-state index is 12.5. The summed E-state index contributed by atoms with van der Waals surface area (Å²) in [6.07, 6.45) is 1.46. The predicted molar refractivity (Wildman–Crippen MR) is 113 cm³/mol. The molecule has 0 N–H and O–H groups in total. The maximum absolute atomic E-state index is 12.5. The molecule has 0 amide bonds. The fourth-order valence-corrected chi connectivity index (χ4v) is 3.73. The number of nitrogens with zero attached hydrogens (tertiary/aromatic N) is 2. The topological polar surface area (TPSA) is 108 Å². The van der Waals surface area contributed by atoms with Crippen molar-refractivity contribution in [3.8, 4) is 11.5 Å². The van der Waals surface area contributed by atoms with Gasteiger partial charge in [0.2, 0.25) is 5.75 Å². The van der Waals surface area contributed by atoms with Gasteiger partial charge in [0.15, 0.2) is 5.75 Å². The molecular formula is C20H15ClN2O6S. The summed E-state index contributed by atoms with van der Waals surface area (Å²) >= 11 is 6.24. The van der Waals surface area contributed by atoms with Crippen LogP contribution < -0.4 is 8.92 Å². The lowest BCUT2D eigenvalue weighted by molar-refractivity contribution is -0.384. The van der Waals surface area contributed by atoms with E-state index in [4.69, 9.17) is 20.5 Å². The molecule has 0 saturated heterocycles. The van der Waals surface area contributed by atoms with Gasteiger partial charge in [-0.1, -0.05) is 29.8 Å². The number of hydrogen-bond donors (Lipinski definition) is 0. The van der Waals surface area contributed by atoms with Crippen LogP contribution in [-0.4, -0.2) is 26.7 Å². The van der Waals surface area contributed by atoms with Crippen molar-refractivity contribution < 1.29 is 22.3 Å². The predicted octanol–water partition coefficient (Wildman–Crippen LogP) is 4.78. The van der Waals surface area contributed by atoms with Crippen molar-refractivity contribution >= 4 is 39.3 Å². The normalized spacial score (nSPS) is 11.4. The molecule has 30 heavy (non-hydrogen) atoms. The van der Waals surface area contributed by atoms with Gasteiger partial charge in [-0.2, -0.15) is 8.42 Å². The number of nitro groups is 1. The second-order valence-corrected chi connectivity index (χ2v) is 7.87. The molecule has 3 rings (SSSR count). The minimum absolute atomic E-state index is 0.0130. The Hall–Kier alpha value is -3.43. The van der Waals surface area contributed by atoms with Crippen molar-refractivity contribution in [2.24, 2.45) is 4.99 Å². The highest BCUT2D eigenvalue weighted by molar-refractivity contribution is 7.87. The average Bonchev–Trinajstić information content (AvgIpc) is 2.74. The summed E-state index contributed by atoms with van der Waals surface area (Å²) in [5.74, 6) is -0.0392. The van der Waals surface area contributed by atoms with E-state index in [1.54, 1.807) is 18.2 Å². The molecule has 0 bridgehead atoms. The number of halogens is 1. The van der Waals surface area contributed by atoms with Crippen molar-refractivity contribution in [3.63, 3.8) is 0 Å². The van der Waals surface area contributed by atoms with Crippen LogP contribution in [0.4, 0.5) is 11.4 Å². The summed E-state index contributed by atoms with van der Waals surface area (Å²) in [7, 11) is -2.75. The van der Waals surface area contributed by atoms with Crippen molar-refractivity contribution in [1.82, 2.24) is 0 Å². The number of methoxy groups -OCH3 is 1. The highest BCUT2D eigenvalue weighted by Gasteiger charge is 2.21.